The van der Waals surface area contributed by atoms with Gasteiger partial charge in [0.25, 0.3) is 7.37 Å². The summed E-state index contributed by atoms with van der Waals surface area (Å²) in [6.07, 6.45) is 1.86. The highest BCUT2D eigenvalue weighted by Crippen LogP contribution is 2.54. The molecule has 0 saturated carbocycles. The zero-order chi connectivity index (χ0) is 15.9. The molecule has 0 bridgehead atoms. The van der Waals surface area contributed by atoms with E-state index in [4.69, 9.17) is 4.52 Å². The van der Waals surface area contributed by atoms with Gasteiger partial charge in [0.1, 0.15) is 5.75 Å². The van der Waals surface area contributed by atoms with E-state index in [1.54, 1.807) is 4.90 Å². The summed E-state index contributed by atoms with van der Waals surface area (Å²) >= 11 is 0. The molecule has 0 N–H and O–H groups in total. The van der Waals surface area contributed by atoms with Gasteiger partial charge in [0.05, 0.1) is 11.5 Å². The van der Waals surface area contributed by atoms with E-state index in [1.807, 2.05) is 48.5 Å². The van der Waals surface area contributed by atoms with Crippen LogP contribution in [0.1, 0.15) is 12.8 Å². The number of rotatable bonds is 3. The van der Waals surface area contributed by atoms with Gasteiger partial charge in [-0.2, -0.15) is 0 Å². The maximum absolute atomic E-state index is 13.5. The highest BCUT2D eigenvalue weighted by molar-refractivity contribution is 7.67. The summed E-state index contributed by atoms with van der Waals surface area (Å²) in [4.78, 5) is 13.6. The standard InChI is InChI=1S/C18H18NO3P/c20-18-10-5-11-19(18)12-13-23(21)17-9-4-2-7-15(17)14-6-1-3-8-16(14)22-23/h1-4,6-9H,5,10-13H2. The van der Waals surface area contributed by atoms with Crippen LogP contribution < -0.4 is 9.83 Å². The van der Waals surface area contributed by atoms with Crippen molar-refractivity contribution in [2.75, 3.05) is 19.3 Å². The van der Waals surface area contributed by atoms with Crippen LogP contribution in [0.2, 0.25) is 0 Å². The second-order valence-corrected chi connectivity index (χ2v) is 8.44. The number of carbonyl (C=O) groups excluding carboxylic acids is 1. The van der Waals surface area contributed by atoms with E-state index in [1.165, 1.54) is 0 Å². The lowest BCUT2D eigenvalue weighted by molar-refractivity contribution is -0.127. The second-order valence-electron chi connectivity index (χ2n) is 5.99. The molecule has 2 aromatic rings. The van der Waals surface area contributed by atoms with Gasteiger partial charge in [0.2, 0.25) is 5.91 Å². The fraction of sp³-hybridized carbons (Fsp3) is 0.278. The fourth-order valence-electron chi connectivity index (χ4n) is 3.33. The highest BCUT2D eigenvalue weighted by Gasteiger charge is 2.36. The minimum absolute atomic E-state index is 0.155. The van der Waals surface area contributed by atoms with Gasteiger partial charge >= 0.3 is 0 Å². The summed E-state index contributed by atoms with van der Waals surface area (Å²) in [5.41, 5.74) is 1.96. The van der Waals surface area contributed by atoms with Crippen LogP contribution in [0.4, 0.5) is 0 Å². The van der Waals surface area contributed by atoms with E-state index in [0.717, 1.165) is 29.4 Å². The maximum atomic E-state index is 13.5. The number of hydrogen-bond donors (Lipinski definition) is 0. The lowest BCUT2D eigenvalue weighted by Crippen LogP contribution is -2.30. The molecule has 2 heterocycles. The minimum atomic E-state index is -3.01. The number of carbonyl (C=O) groups is 1. The van der Waals surface area contributed by atoms with Gasteiger partial charge in [-0.3, -0.25) is 9.36 Å². The van der Waals surface area contributed by atoms with Crippen molar-refractivity contribution < 1.29 is 13.9 Å². The summed E-state index contributed by atoms with van der Waals surface area (Å²) < 4.78 is 19.5. The fourth-order valence-corrected chi connectivity index (χ4v) is 5.62. The molecule has 1 atom stereocenters. The van der Waals surface area contributed by atoms with Crippen molar-refractivity contribution in [1.29, 1.82) is 0 Å². The molecular weight excluding hydrogens is 309 g/mol. The van der Waals surface area contributed by atoms with Crippen LogP contribution >= 0.6 is 7.37 Å². The molecule has 0 radical (unpaired) electrons. The molecule has 5 heteroatoms. The molecule has 2 aliphatic rings. The summed E-state index contributed by atoms with van der Waals surface area (Å²) in [7, 11) is -3.01. The Bertz CT molecular complexity index is 817. The van der Waals surface area contributed by atoms with Crippen LogP contribution in [0, 0.1) is 0 Å². The van der Waals surface area contributed by atoms with Gasteiger partial charge in [-0.25, -0.2) is 0 Å². The summed E-state index contributed by atoms with van der Waals surface area (Å²) in [5, 5.41) is 0.769. The molecule has 1 fully saturated rings. The minimum Gasteiger partial charge on any atom is -0.439 e. The molecule has 2 aromatic carbocycles. The second kappa shape index (κ2) is 5.54. The summed E-state index contributed by atoms with van der Waals surface area (Å²) in [6, 6.07) is 15.4. The quantitative estimate of drug-likeness (QED) is 0.813. The predicted molar refractivity (Wildman–Crippen MR) is 90.4 cm³/mol. The Hall–Kier alpha value is -2.06. The smallest absolute Gasteiger partial charge is 0.279 e. The Labute approximate surface area is 135 Å². The number of benzene rings is 2. The first-order valence-corrected chi connectivity index (χ1v) is 9.74. The summed E-state index contributed by atoms with van der Waals surface area (Å²) in [6.45, 7) is 1.25. The molecule has 4 rings (SSSR count). The van der Waals surface area contributed by atoms with Crippen molar-refractivity contribution in [3.8, 4) is 16.9 Å². The number of para-hydroxylation sites is 1. The van der Waals surface area contributed by atoms with Crippen molar-refractivity contribution in [2.45, 2.75) is 12.8 Å². The lowest BCUT2D eigenvalue weighted by Gasteiger charge is -2.29. The molecule has 1 amide bonds. The Morgan fingerprint density at radius 3 is 2.57 bits per heavy atom. The topological polar surface area (TPSA) is 46.6 Å². The molecule has 1 unspecified atom stereocenters. The van der Waals surface area contributed by atoms with Gasteiger partial charge in [-0.15, -0.1) is 0 Å². The average Bonchev–Trinajstić information content (AvgIpc) is 2.99. The van der Waals surface area contributed by atoms with Crippen molar-refractivity contribution in [1.82, 2.24) is 4.90 Å². The average molecular weight is 327 g/mol. The van der Waals surface area contributed by atoms with E-state index < -0.39 is 7.37 Å². The predicted octanol–water partition coefficient (Wildman–Crippen LogP) is 3.27. The third kappa shape index (κ3) is 2.47. The van der Waals surface area contributed by atoms with Crippen LogP contribution in [0.15, 0.2) is 48.5 Å². The van der Waals surface area contributed by atoms with Crippen LogP contribution in [0.5, 0.6) is 5.75 Å². The van der Waals surface area contributed by atoms with E-state index >= 15 is 0 Å². The number of likely N-dealkylation sites (tertiary alicyclic amines) is 1. The molecule has 0 aromatic heterocycles. The van der Waals surface area contributed by atoms with Crippen LogP contribution in [-0.4, -0.2) is 30.1 Å². The van der Waals surface area contributed by atoms with Gasteiger partial charge in [0, 0.05) is 25.1 Å². The van der Waals surface area contributed by atoms with Crippen LogP contribution in [0.3, 0.4) is 0 Å². The Morgan fingerprint density at radius 1 is 1.04 bits per heavy atom. The summed E-state index contributed by atoms with van der Waals surface area (Å²) in [5.74, 6) is 0.824. The molecule has 2 aliphatic heterocycles. The zero-order valence-electron chi connectivity index (χ0n) is 12.8. The molecule has 0 aliphatic carbocycles. The van der Waals surface area contributed by atoms with Crippen molar-refractivity contribution >= 4 is 18.6 Å². The third-order valence-corrected chi connectivity index (χ3v) is 6.93. The van der Waals surface area contributed by atoms with E-state index in [9.17, 15) is 9.36 Å². The highest BCUT2D eigenvalue weighted by atomic mass is 31.2. The molecule has 23 heavy (non-hydrogen) atoms. The van der Waals surface area contributed by atoms with E-state index in [2.05, 4.69) is 0 Å². The molecule has 1 saturated heterocycles. The number of hydrogen-bond acceptors (Lipinski definition) is 3. The van der Waals surface area contributed by atoms with Crippen LogP contribution in [-0.2, 0) is 9.36 Å². The SMILES string of the molecule is O=C1CCCN1CCP1(=O)Oc2ccccc2-c2ccccc21. The number of nitrogens with zero attached hydrogens (tertiary/aromatic N) is 1. The normalized spacial score (nSPS) is 22.4. The monoisotopic (exact) mass is 327 g/mol. The van der Waals surface area contributed by atoms with Gasteiger partial charge < -0.3 is 9.42 Å². The van der Waals surface area contributed by atoms with Crippen molar-refractivity contribution in [3.63, 3.8) is 0 Å². The van der Waals surface area contributed by atoms with Gasteiger partial charge in [-0.05, 0) is 24.1 Å². The van der Waals surface area contributed by atoms with Crippen molar-refractivity contribution in [2.24, 2.45) is 0 Å². The first-order valence-electron chi connectivity index (χ1n) is 7.93. The number of fused-ring (bicyclic) bond motifs is 3. The molecule has 0 spiro atoms. The zero-order valence-corrected chi connectivity index (χ0v) is 13.7. The first-order chi connectivity index (χ1) is 11.2. The Kier molecular flexibility index (Phi) is 3.50. The molecular formula is C18H18NO3P. The third-order valence-electron chi connectivity index (χ3n) is 4.53. The molecule has 118 valence electrons. The Morgan fingerprint density at radius 2 is 1.78 bits per heavy atom. The lowest BCUT2D eigenvalue weighted by atomic mass is 10.0. The van der Waals surface area contributed by atoms with E-state index in [0.29, 0.717) is 24.9 Å². The van der Waals surface area contributed by atoms with E-state index in [-0.39, 0.29) is 5.91 Å². The Balaban J connectivity index is 1.69. The van der Waals surface area contributed by atoms with Gasteiger partial charge in [-0.1, -0.05) is 36.4 Å². The molecule has 4 nitrogen and oxygen atoms in total. The largest absolute Gasteiger partial charge is 0.439 e. The van der Waals surface area contributed by atoms with Crippen molar-refractivity contribution in [3.05, 3.63) is 48.5 Å². The van der Waals surface area contributed by atoms with Crippen LogP contribution in [0.25, 0.3) is 11.1 Å². The first kappa shape index (κ1) is 14.5. The van der Waals surface area contributed by atoms with Gasteiger partial charge in [0.15, 0.2) is 0 Å². The maximum Gasteiger partial charge on any atom is 0.279 e. The number of amides is 1.